The molecule has 0 saturated heterocycles. The van der Waals surface area contributed by atoms with Crippen molar-refractivity contribution in [2.24, 2.45) is 0 Å². The van der Waals surface area contributed by atoms with Crippen molar-refractivity contribution in [1.29, 1.82) is 0 Å². The Bertz CT molecular complexity index is 881. The largest absolute Gasteiger partial charge is 0.505 e. The van der Waals surface area contributed by atoms with Crippen LogP contribution in [0.2, 0.25) is 10.0 Å². The van der Waals surface area contributed by atoms with Gasteiger partial charge in [0.15, 0.2) is 5.75 Å². The highest BCUT2D eigenvalue weighted by Crippen LogP contribution is 2.29. The van der Waals surface area contributed by atoms with Gasteiger partial charge in [0.2, 0.25) is 0 Å². The Morgan fingerprint density at radius 1 is 1.14 bits per heavy atom. The van der Waals surface area contributed by atoms with Crippen molar-refractivity contribution >= 4 is 45.7 Å². The molecule has 0 unspecified atom stereocenters. The number of hydrogen-bond acceptors (Lipinski definition) is 3. The number of phenols is 1. The first kappa shape index (κ1) is 14.6. The molecular formula is C16H10Cl2N2O2. The van der Waals surface area contributed by atoms with Crippen molar-refractivity contribution in [1.82, 2.24) is 4.98 Å². The van der Waals surface area contributed by atoms with Crippen molar-refractivity contribution in [2.75, 3.05) is 5.32 Å². The van der Waals surface area contributed by atoms with E-state index in [0.717, 1.165) is 5.39 Å². The topological polar surface area (TPSA) is 62.2 Å². The number of amides is 1. The maximum Gasteiger partial charge on any atom is 0.259 e. The van der Waals surface area contributed by atoms with Gasteiger partial charge in [-0.05, 0) is 30.3 Å². The van der Waals surface area contributed by atoms with Crippen LogP contribution in [0, 0.1) is 0 Å². The van der Waals surface area contributed by atoms with E-state index in [1.165, 1.54) is 6.07 Å². The molecule has 0 aliphatic carbocycles. The Morgan fingerprint density at radius 2 is 1.95 bits per heavy atom. The summed E-state index contributed by atoms with van der Waals surface area (Å²) in [6, 6.07) is 11.6. The Labute approximate surface area is 136 Å². The summed E-state index contributed by atoms with van der Waals surface area (Å²) < 4.78 is 0. The quantitative estimate of drug-likeness (QED) is 0.726. The normalized spacial score (nSPS) is 10.6. The first-order valence-electron chi connectivity index (χ1n) is 6.39. The number of aromatic hydroxyl groups is 1. The first-order chi connectivity index (χ1) is 10.6. The molecule has 6 heteroatoms. The fourth-order valence-corrected chi connectivity index (χ4v) is 2.55. The van der Waals surface area contributed by atoms with Crippen molar-refractivity contribution in [3.05, 3.63) is 64.3 Å². The highest BCUT2D eigenvalue weighted by Gasteiger charge is 2.15. The molecule has 110 valence electrons. The lowest BCUT2D eigenvalue weighted by molar-refractivity contribution is 0.102. The number of nitrogens with one attached hydrogen (secondary N) is 1. The van der Waals surface area contributed by atoms with Gasteiger partial charge in [0, 0.05) is 16.6 Å². The third-order valence-corrected chi connectivity index (χ3v) is 3.72. The number of anilines is 1. The summed E-state index contributed by atoms with van der Waals surface area (Å²) in [4.78, 5) is 16.4. The van der Waals surface area contributed by atoms with Crippen LogP contribution in [-0.2, 0) is 0 Å². The lowest BCUT2D eigenvalue weighted by atomic mass is 10.1. The van der Waals surface area contributed by atoms with Crippen LogP contribution in [0.3, 0.4) is 0 Å². The van der Waals surface area contributed by atoms with Crippen LogP contribution in [0.1, 0.15) is 10.4 Å². The Hall–Kier alpha value is -2.30. The van der Waals surface area contributed by atoms with Gasteiger partial charge in [0.25, 0.3) is 5.91 Å². The smallest absolute Gasteiger partial charge is 0.259 e. The van der Waals surface area contributed by atoms with E-state index in [0.29, 0.717) is 21.2 Å². The van der Waals surface area contributed by atoms with Gasteiger partial charge < -0.3 is 10.4 Å². The number of nitrogens with zero attached hydrogens (tertiary/aromatic N) is 1. The molecular weight excluding hydrogens is 323 g/mol. The number of carbonyl (C=O) groups excluding carboxylic acids is 1. The molecule has 2 N–H and O–H groups in total. The molecule has 1 heterocycles. The van der Waals surface area contributed by atoms with Gasteiger partial charge in [0.1, 0.15) is 5.52 Å². The summed E-state index contributed by atoms with van der Waals surface area (Å²) in [5.41, 5.74) is 0.908. The number of aromatic nitrogens is 1. The van der Waals surface area contributed by atoms with E-state index in [1.54, 1.807) is 42.6 Å². The fraction of sp³-hybridized carbons (Fsp3) is 0. The molecule has 3 aromatic rings. The van der Waals surface area contributed by atoms with Gasteiger partial charge in [-0.25, -0.2) is 0 Å². The highest BCUT2D eigenvalue weighted by molar-refractivity contribution is 6.36. The van der Waals surface area contributed by atoms with Gasteiger partial charge in [0.05, 0.1) is 16.3 Å². The van der Waals surface area contributed by atoms with E-state index in [1.807, 2.05) is 0 Å². The molecule has 0 atom stereocenters. The summed E-state index contributed by atoms with van der Waals surface area (Å²) in [6.45, 7) is 0. The number of carbonyl (C=O) groups is 1. The van der Waals surface area contributed by atoms with Crippen LogP contribution in [-0.4, -0.2) is 16.0 Å². The molecule has 0 radical (unpaired) electrons. The second kappa shape index (κ2) is 5.83. The lowest BCUT2D eigenvalue weighted by Gasteiger charge is -2.10. The molecule has 0 spiro atoms. The summed E-state index contributed by atoms with van der Waals surface area (Å²) in [7, 11) is 0. The van der Waals surface area contributed by atoms with Crippen LogP contribution in [0.15, 0.2) is 48.7 Å². The summed E-state index contributed by atoms with van der Waals surface area (Å²) in [5, 5.41) is 14.4. The number of pyridine rings is 1. The second-order valence-corrected chi connectivity index (χ2v) is 5.46. The minimum Gasteiger partial charge on any atom is -0.505 e. The third kappa shape index (κ3) is 2.71. The number of halogens is 2. The van der Waals surface area contributed by atoms with Crippen LogP contribution in [0.4, 0.5) is 5.69 Å². The standard InChI is InChI=1S/C16H10Cl2N2O2/c17-10-4-6-13(12(18)8-10)20-16(22)11-5-3-9-2-1-7-19-14(9)15(11)21/h1-8,21H,(H,20,22). The minimum atomic E-state index is -0.478. The summed E-state index contributed by atoms with van der Waals surface area (Å²) in [5.74, 6) is -0.644. The van der Waals surface area contributed by atoms with Crippen molar-refractivity contribution in [3.63, 3.8) is 0 Å². The number of benzene rings is 2. The number of hydrogen-bond donors (Lipinski definition) is 2. The lowest BCUT2D eigenvalue weighted by Crippen LogP contribution is -2.12. The molecule has 3 rings (SSSR count). The Balaban J connectivity index is 1.97. The van der Waals surface area contributed by atoms with Crippen molar-refractivity contribution in [2.45, 2.75) is 0 Å². The fourth-order valence-electron chi connectivity index (χ4n) is 2.09. The van der Waals surface area contributed by atoms with Crippen LogP contribution in [0.5, 0.6) is 5.75 Å². The van der Waals surface area contributed by atoms with Gasteiger partial charge in [-0.1, -0.05) is 35.3 Å². The molecule has 0 aliphatic rings. The Morgan fingerprint density at radius 3 is 2.73 bits per heavy atom. The molecule has 0 saturated carbocycles. The van der Waals surface area contributed by atoms with Crippen molar-refractivity contribution < 1.29 is 9.90 Å². The van der Waals surface area contributed by atoms with Gasteiger partial charge >= 0.3 is 0 Å². The van der Waals surface area contributed by atoms with Crippen molar-refractivity contribution in [3.8, 4) is 5.75 Å². The average molecular weight is 333 g/mol. The Kier molecular flexibility index (Phi) is 3.88. The molecule has 4 nitrogen and oxygen atoms in total. The number of phenolic OH excluding ortho intramolecular Hbond substituents is 1. The monoisotopic (exact) mass is 332 g/mol. The molecule has 1 aromatic heterocycles. The van der Waals surface area contributed by atoms with E-state index >= 15 is 0 Å². The molecule has 2 aromatic carbocycles. The summed E-state index contributed by atoms with van der Waals surface area (Å²) in [6.07, 6.45) is 1.56. The predicted molar refractivity (Wildman–Crippen MR) is 87.8 cm³/mol. The zero-order chi connectivity index (χ0) is 15.7. The maximum atomic E-state index is 12.3. The van der Waals surface area contributed by atoms with Gasteiger partial charge in [-0.15, -0.1) is 0 Å². The molecule has 0 bridgehead atoms. The highest BCUT2D eigenvalue weighted by atomic mass is 35.5. The molecule has 0 fully saturated rings. The van der Waals surface area contributed by atoms with E-state index in [-0.39, 0.29) is 11.3 Å². The number of fused-ring (bicyclic) bond motifs is 1. The van der Waals surface area contributed by atoms with Gasteiger partial charge in [-0.3, -0.25) is 9.78 Å². The van der Waals surface area contributed by atoms with E-state index in [9.17, 15) is 9.90 Å². The average Bonchev–Trinajstić information content (AvgIpc) is 2.50. The number of rotatable bonds is 2. The predicted octanol–water partition coefficient (Wildman–Crippen LogP) is 4.50. The van der Waals surface area contributed by atoms with Crippen LogP contribution >= 0.6 is 23.2 Å². The summed E-state index contributed by atoms with van der Waals surface area (Å²) >= 11 is 11.8. The third-order valence-electron chi connectivity index (χ3n) is 3.17. The maximum absolute atomic E-state index is 12.3. The first-order valence-corrected chi connectivity index (χ1v) is 7.15. The molecule has 22 heavy (non-hydrogen) atoms. The molecule has 0 aliphatic heterocycles. The zero-order valence-electron chi connectivity index (χ0n) is 11.2. The van der Waals surface area contributed by atoms with Crippen LogP contribution in [0.25, 0.3) is 10.9 Å². The minimum absolute atomic E-state index is 0.122. The molecule has 1 amide bonds. The van der Waals surface area contributed by atoms with Crippen LogP contribution < -0.4 is 5.32 Å². The SMILES string of the molecule is O=C(Nc1ccc(Cl)cc1Cl)c1ccc2cccnc2c1O. The zero-order valence-corrected chi connectivity index (χ0v) is 12.7. The van der Waals surface area contributed by atoms with E-state index in [4.69, 9.17) is 23.2 Å². The second-order valence-electron chi connectivity index (χ2n) is 4.62. The van der Waals surface area contributed by atoms with E-state index < -0.39 is 5.91 Å². The van der Waals surface area contributed by atoms with E-state index in [2.05, 4.69) is 10.3 Å². The van der Waals surface area contributed by atoms with Gasteiger partial charge in [-0.2, -0.15) is 0 Å².